The summed E-state index contributed by atoms with van der Waals surface area (Å²) in [6.07, 6.45) is 5.75. The highest BCUT2D eigenvalue weighted by atomic mass is 32.2. The van der Waals surface area contributed by atoms with Gasteiger partial charge in [-0.05, 0) is 75.8 Å². The summed E-state index contributed by atoms with van der Waals surface area (Å²) in [4.78, 5) is 7.27. The normalized spacial score (nSPS) is 39.9. The first-order chi connectivity index (χ1) is 16.0. The molecule has 1 saturated heterocycles. The number of ether oxygens (including phenoxy) is 3. The monoisotopic (exact) mass is 485 g/mol. The van der Waals surface area contributed by atoms with Gasteiger partial charge in [0, 0.05) is 41.2 Å². The lowest BCUT2D eigenvalue weighted by molar-refractivity contribution is -0.271. The van der Waals surface area contributed by atoms with Gasteiger partial charge in [-0.2, -0.15) is 4.37 Å². The van der Waals surface area contributed by atoms with Crippen molar-refractivity contribution < 1.29 is 14.2 Å². The number of aryl methyl sites for hydroxylation is 1. The topological polar surface area (TPSA) is 56.7 Å². The van der Waals surface area contributed by atoms with E-state index in [-0.39, 0.29) is 22.5 Å². The molecular weight excluding hydrogens is 454 g/mol. The summed E-state index contributed by atoms with van der Waals surface area (Å²) in [5, 5.41) is 0. The summed E-state index contributed by atoms with van der Waals surface area (Å²) < 4.78 is 24.9. The molecular formula is C25H31N3O3S2. The number of aromatic nitrogens is 2. The van der Waals surface area contributed by atoms with Crippen molar-refractivity contribution in [2.45, 2.75) is 66.5 Å². The summed E-state index contributed by atoms with van der Waals surface area (Å²) in [6.45, 7) is 3.09. The molecule has 3 saturated carbocycles. The Hall–Kier alpha value is -1.35. The van der Waals surface area contributed by atoms with E-state index in [4.69, 9.17) is 14.2 Å². The van der Waals surface area contributed by atoms with E-state index in [1.165, 1.54) is 35.5 Å². The van der Waals surface area contributed by atoms with Gasteiger partial charge >= 0.3 is 0 Å². The standard InChI is InChI=1S/C25H31N3O3S2/c1-14-26-22(33-27-14)32-13-16-12-23-7-8-25(16,30-4)21-24(23)9-10-28(2)18(23)11-15-5-6-17(29-3)20(31-21)19(15)24/h5-6,16,18,21H,7-13H2,1-4H3/t16-,18-,21-,23?,24?,25?/m1/s1. The molecule has 4 bridgehead atoms. The summed E-state index contributed by atoms with van der Waals surface area (Å²) in [5.41, 5.74) is 2.88. The first kappa shape index (κ1) is 21.0. The summed E-state index contributed by atoms with van der Waals surface area (Å²) in [7, 11) is 6.02. The fraction of sp³-hybridized carbons (Fsp3) is 0.680. The van der Waals surface area contributed by atoms with Gasteiger partial charge in [-0.25, -0.2) is 4.98 Å². The fourth-order valence-electron chi connectivity index (χ4n) is 8.68. The number of fused-ring (bicyclic) bond motifs is 2. The van der Waals surface area contributed by atoms with E-state index >= 15 is 0 Å². The Kier molecular flexibility index (Phi) is 4.36. The Morgan fingerprint density at radius 2 is 2.15 bits per heavy atom. The average molecular weight is 486 g/mol. The van der Waals surface area contributed by atoms with Crippen LogP contribution in [0.15, 0.2) is 16.5 Å². The van der Waals surface area contributed by atoms with Gasteiger partial charge in [0.1, 0.15) is 17.5 Å². The van der Waals surface area contributed by atoms with Crippen molar-refractivity contribution in [2.24, 2.45) is 11.3 Å². The Morgan fingerprint density at radius 3 is 2.91 bits per heavy atom. The molecule has 4 aliphatic carbocycles. The van der Waals surface area contributed by atoms with Gasteiger partial charge in [-0.15, -0.1) is 0 Å². The molecule has 6 nitrogen and oxygen atoms in total. The third-order valence-electron chi connectivity index (χ3n) is 9.89. The van der Waals surface area contributed by atoms with Crippen LogP contribution < -0.4 is 9.47 Å². The molecule has 3 unspecified atom stereocenters. The second-order valence-electron chi connectivity index (χ2n) is 10.7. The van der Waals surface area contributed by atoms with Gasteiger partial charge in [0.25, 0.3) is 0 Å². The maximum Gasteiger partial charge on any atom is 0.170 e. The molecule has 0 amide bonds. The van der Waals surface area contributed by atoms with Crippen LogP contribution in [0.25, 0.3) is 0 Å². The lowest BCUT2D eigenvalue weighted by Gasteiger charge is -2.73. The predicted molar refractivity (Wildman–Crippen MR) is 129 cm³/mol. The zero-order chi connectivity index (χ0) is 22.6. The number of hydrogen-bond donors (Lipinski definition) is 0. The van der Waals surface area contributed by atoms with E-state index < -0.39 is 0 Å². The molecule has 2 aliphatic heterocycles. The Balaban J connectivity index is 1.39. The number of likely N-dealkylation sites (N-methyl/N-ethyl adjacent to an activating group) is 1. The highest BCUT2D eigenvalue weighted by Crippen LogP contribution is 2.76. The number of benzene rings is 1. The minimum atomic E-state index is -0.284. The molecule has 4 fully saturated rings. The van der Waals surface area contributed by atoms with E-state index in [0.717, 1.165) is 53.2 Å². The molecule has 0 N–H and O–H groups in total. The number of rotatable bonds is 5. The van der Waals surface area contributed by atoms with E-state index in [2.05, 4.69) is 33.4 Å². The maximum atomic E-state index is 7.04. The third-order valence-corrected chi connectivity index (χ3v) is 12.0. The lowest BCUT2D eigenvalue weighted by atomic mass is 9.35. The Morgan fingerprint density at radius 1 is 1.27 bits per heavy atom. The Labute approximate surface area is 203 Å². The molecule has 8 rings (SSSR count). The Bertz CT molecular complexity index is 1140. The average Bonchev–Trinajstić information content (AvgIpc) is 3.41. The summed E-state index contributed by atoms with van der Waals surface area (Å²) in [6, 6.07) is 4.97. The quantitative estimate of drug-likeness (QED) is 0.591. The molecule has 6 aliphatic rings. The molecule has 33 heavy (non-hydrogen) atoms. The minimum Gasteiger partial charge on any atom is -0.493 e. The van der Waals surface area contributed by atoms with Crippen LogP contribution in [0.2, 0.25) is 0 Å². The van der Waals surface area contributed by atoms with Crippen LogP contribution in [0.3, 0.4) is 0 Å². The SMILES string of the molecule is COc1ccc2c3c1O[C@H]1C4(OC)CCC5(C[C@@H]4CSc4nc(C)ns4)[C@@H](C2)N(C)CCC315. The molecule has 3 heterocycles. The van der Waals surface area contributed by atoms with Crippen LogP contribution in [0.1, 0.15) is 42.6 Å². The van der Waals surface area contributed by atoms with Crippen LogP contribution in [0.4, 0.5) is 0 Å². The van der Waals surface area contributed by atoms with Crippen molar-refractivity contribution in [1.29, 1.82) is 0 Å². The number of hydrogen-bond acceptors (Lipinski definition) is 8. The van der Waals surface area contributed by atoms with E-state index in [1.807, 2.05) is 25.8 Å². The molecule has 6 atom stereocenters. The van der Waals surface area contributed by atoms with Crippen LogP contribution in [0.5, 0.6) is 11.5 Å². The first-order valence-corrected chi connectivity index (χ1v) is 13.8. The van der Waals surface area contributed by atoms with Gasteiger partial charge in [-0.3, -0.25) is 0 Å². The summed E-state index contributed by atoms with van der Waals surface area (Å²) >= 11 is 3.36. The van der Waals surface area contributed by atoms with Gasteiger partial charge < -0.3 is 19.1 Å². The van der Waals surface area contributed by atoms with Crippen molar-refractivity contribution in [3.63, 3.8) is 0 Å². The molecule has 1 aromatic heterocycles. The van der Waals surface area contributed by atoms with Crippen LogP contribution in [-0.2, 0) is 16.6 Å². The van der Waals surface area contributed by atoms with Crippen LogP contribution in [0, 0.1) is 18.3 Å². The minimum absolute atomic E-state index is 0.0242. The lowest BCUT2D eigenvalue weighted by Crippen LogP contribution is -2.80. The zero-order valence-corrected chi connectivity index (χ0v) is 21.4. The molecule has 8 heteroatoms. The third kappa shape index (κ3) is 2.34. The van der Waals surface area contributed by atoms with Gasteiger partial charge in [-0.1, -0.05) is 17.8 Å². The van der Waals surface area contributed by atoms with Gasteiger partial charge in [0.15, 0.2) is 15.8 Å². The maximum absolute atomic E-state index is 7.04. The molecule has 2 aromatic rings. The summed E-state index contributed by atoms with van der Waals surface area (Å²) in [5.74, 6) is 4.16. The number of nitrogens with zero attached hydrogens (tertiary/aromatic N) is 3. The predicted octanol–water partition coefficient (Wildman–Crippen LogP) is 4.09. The molecule has 1 aromatic carbocycles. The zero-order valence-electron chi connectivity index (χ0n) is 19.7. The molecule has 0 radical (unpaired) electrons. The van der Waals surface area contributed by atoms with Crippen LogP contribution in [-0.4, -0.2) is 65.6 Å². The second kappa shape index (κ2) is 6.86. The van der Waals surface area contributed by atoms with E-state index in [9.17, 15) is 0 Å². The number of piperidine rings is 1. The van der Waals surface area contributed by atoms with Gasteiger partial charge in [0.05, 0.1) is 7.11 Å². The number of thioether (sulfide) groups is 1. The molecule has 2 spiro atoms. The van der Waals surface area contributed by atoms with Crippen molar-refractivity contribution in [2.75, 3.05) is 33.6 Å². The van der Waals surface area contributed by atoms with Crippen molar-refractivity contribution in [3.05, 3.63) is 29.1 Å². The largest absolute Gasteiger partial charge is 0.493 e. The number of likely N-dealkylation sites (tertiary alicyclic amines) is 1. The fourth-order valence-corrected chi connectivity index (χ4v) is 10.6. The van der Waals surface area contributed by atoms with E-state index in [0.29, 0.717) is 12.0 Å². The van der Waals surface area contributed by atoms with Crippen molar-refractivity contribution >= 4 is 23.3 Å². The van der Waals surface area contributed by atoms with Crippen molar-refractivity contribution in [1.82, 2.24) is 14.3 Å². The highest BCUT2D eigenvalue weighted by Gasteiger charge is 2.80. The molecule has 176 valence electrons. The smallest absolute Gasteiger partial charge is 0.170 e. The van der Waals surface area contributed by atoms with Gasteiger partial charge in [0.2, 0.25) is 0 Å². The highest BCUT2D eigenvalue weighted by molar-refractivity contribution is 8.00. The number of methoxy groups -OCH3 is 2. The van der Waals surface area contributed by atoms with Crippen LogP contribution >= 0.6 is 23.3 Å². The second-order valence-corrected chi connectivity index (χ2v) is 12.7. The van der Waals surface area contributed by atoms with Crippen molar-refractivity contribution in [3.8, 4) is 11.5 Å². The first-order valence-electron chi connectivity index (χ1n) is 12.0. The van der Waals surface area contributed by atoms with E-state index in [1.54, 1.807) is 7.11 Å².